The lowest BCUT2D eigenvalue weighted by Crippen LogP contribution is -2.60. The molecule has 1 saturated heterocycles. The maximum atomic E-state index is 13.7. The second-order valence-electron chi connectivity index (χ2n) is 5.73. The van der Waals surface area contributed by atoms with Gasteiger partial charge in [0.2, 0.25) is 0 Å². The number of aromatic nitrogens is 1. The van der Waals surface area contributed by atoms with Crippen molar-refractivity contribution in [3.05, 3.63) is 41.8 Å². The molecule has 0 bridgehead atoms. The minimum absolute atomic E-state index is 0.233. The first-order chi connectivity index (χ1) is 9.61. The van der Waals surface area contributed by atoms with Crippen LogP contribution in [-0.4, -0.2) is 33.7 Å². The average molecular weight is 274 g/mol. The lowest BCUT2D eigenvalue weighted by Gasteiger charge is -2.46. The quantitative estimate of drug-likeness (QED) is 0.931. The molecule has 2 heterocycles. The molecule has 0 atom stereocenters. The van der Waals surface area contributed by atoms with Crippen LogP contribution >= 0.6 is 0 Å². The van der Waals surface area contributed by atoms with Gasteiger partial charge in [-0.25, -0.2) is 4.39 Å². The van der Waals surface area contributed by atoms with E-state index in [2.05, 4.69) is 16.8 Å². The molecule has 0 amide bonds. The lowest BCUT2D eigenvalue weighted by molar-refractivity contribution is -0.106. The molecule has 1 N–H and O–H groups in total. The Bertz CT molecular complexity index is 623. The summed E-state index contributed by atoms with van der Waals surface area (Å²) in [7, 11) is 0. The summed E-state index contributed by atoms with van der Waals surface area (Å²) < 4.78 is 13.7. The van der Waals surface area contributed by atoms with Gasteiger partial charge in [0.05, 0.1) is 11.1 Å². The molecule has 106 valence electrons. The van der Waals surface area contributed by atoms with E-state index in [1.807, 2.05) is 0 Å². The van der Waals surface area contributed by atoms with Crippen LogP contribution in [0, 0.1) is 5.82 Å². The summed E-state index contributed by atoms with van der Waals surface area (Å²) in [4.78, 5) is 6.47. The molecule has 1 aliphatic heterocycles. The van der Waals surface area contributed by atoms with Crippen LogP contribution in [0.4, 0.5) is 4.39 Å². The number of rotatable bonds is 4. The maximum Gasteiger partial charge on any atom is 0.132 e. The van der Waals surface area contributed by atoms with Gasteiger partial charge in [0.15, 0.2) is 0 Å². The average Bonchev–Trinajstić information content (AvgIpc) is 2.41. The summed E-state index contributed by atoms with van der Waals surface area (Å²) in [6.45, 7) is 4.16. The molecule has 1 aromatic heterocycles. The van der Waals surface area contributed by atoms with Crippen molar-refractivity contribution >= 4 is 10.9 Å². The molecule has 0 spiro atoms. The summed E-state index contributed by atoms with van der Waals surface area (Å²) in [5.41, 5.74) is 1.21. The van der Waals surface area contributed by atoms with E-state index in [0.29, 0.717) is 25.0 Å². The third kappa shape index (κ3) is 2.41. The van der Waals surface area contributed by atoms with E-state index in [1.54, 1.807) is 24.4 Å². The molecule has 20 heavy (non-hydrogen) atoms. The maximum absolute atomic E-state index is 13.7. The second-order valence-corrected chi connectivity index (χ2v) is 5.73. The molecule has 4 heteroatoms. The largest absolute Gasteiger partial charge is 0.387 e. The highest BCUT2D eigenvalue weighted by Gasteiger charge is 2.39. The lowest BCUT2D eigenvalue weighted by atomic mass is 9.89. The van der Waals surface area contributed by atoms with Gasteiger partial charge in [0, 0.05) is 31.2 Å². The smallest absolute Gasteiger partial charge is 0.132 e. The van der Waals surface area contributed by atoms with Gasteiger partial charge in [-0.2, -0.15) is 0 Å². The van der Waals surface area contributed by atoms with Crippen molar-refractivity contribution in [2.24, 2.45) is 0 Å². The molecule has 1 fully saturated rings. The van der Waals surface area contributed by atoms with E-state index in [4.69, 9.17) is 0 Å². The number of nitrogens with zero attached hydrogens (tertiary/aromatic N) is 2. The first-order valence-electron chi connectivity index (χ1n) is 7.08. The highest BCUT2D eigenvalue weighted by atomic mass is 19.1. The van der Waals surface area contributed by atoms with E-state index in [1.165, 1.54) is 6.07 Å². The zero-order chi connectivity index (χ0) is 14.2. The molecule has 0 saturated carbocycles. The number of likely N-dealkylation sites (tertiary alicyclic amines) is 1. The number of aliphatic hydroxyl groups is 1. The molecular weight excluding hydrogens is 255 g/mol. The van der Waals surface area contributed by atoms with Crippen LogP contribution in [0.3, 0.4) is 0 Å². The predicted octanol–water partition coefficient (Wildman–Crippen LogP) is 2.72. The standard InChI is InChI=1S/C16H19FN2O/c1-2-7-16(20)10-19(11-16)9-12-5-6-14(17)13-4-3-8-18-15(12)13/h3-6,8,20H,2,7,9-11H2,1H3. The Morgan fingerprint density at radius 2 is 2.15 bits per heavy atom. The van der Waals surface area contributed by atoms with Gasteiger partial charge >= 0.3 is 0 Å². The topological polar surface area (TPSA) is 36.4 Å². The normalized spacial score (nSPS) is 18.1. The Kier molecular flexibility index (Phi) is 3.44. The summed E-state index contributed by atoms with van der Waals surface area (Å²) in [6, 6.07) is 6.79. The molecule has 0 unspecified atom stereocenters. The number of fused-ring (bicyclic) bond motifs is 1. The fraction of sp³-hybridized carbons (Fsp3) is 0.438. The first kappa shape index (κ1) is 13.5. The molecule has 2 aromatic rings. The number of β-amino-alcohol motifs (C(OH)–C–C–N with tert-alkyl or cyclic N) is 1. The van der Waals surface area contributed by atoms with Crippen molar-refractivity contribution < 1.29 is 9.50 Å². The number of halogens is 1. The third-order valence-electron chi connectivity index (χ3n) is 3.95. The van der Waals surface area contributed by atoms with Gasteiger partial charge < -0.3 is 5.11 Å². The monoisotopic (exact) mass is 274 g/mol. The van der Waals surface area contributed by atoms with Crippen molar-refractivity contribution in [2.75, 3.05) is 13.1 Å². The Labute approximate surface area is 118 Å². The highest BCUT2D eigenvalue weighted by Crippen LogP contribution is 2.29. The van der Waals surface area contributed by atoms with Gasteiger partial charge in [-0.15, -0.1) is 0 Å². The molecule has 0 radical (unpaired) electrons. The van der Waals surface area contributed by atoms with Gasteiger partial charge in [-0.3, -0.25) is 9.88 Å². The Morgan fingerprint density at radius 1 is 1.35 bits per heavy atom. The Balaban J connectivity index is 1.78. The molecule has 0 aliphatic carbocycles. The van der Waals surface area contributed by atoms with Gasteiger partial charge in [-0.05, 0) is 30.2 Å². The predicted molar refractivity (Wildman–Crippen MR) is 76.8 cm³/mol. The minimum Gasteiger partial charge on any atom is -0.387 e. The highest BCUT2D eigenvalue weighted by molar-refractivity contribution is 5.82. The van der Waals surface area contributed by atoms with Crippen LogP contribution in [0.2, 0.25) is 0 Å². The van der Waals surface area contributed by atoms with Crippen molar-refractivity contribution in [3.8, 4) is 0 Å². The van der Waals surface area contributed by atoms with Crippen molar-refractivity contribution in [2.45, 2.75) is 31.9 Å². The zero-order valence-corrected chi connectivity index (χ0v) is 11.6. The van der Waals surface area contributed by atoms with Crippen LogP contribution in [0.25, 0.3) is 10.9 Å². The second kappa shape index (κ2) is 5.11. The van der Waals surface area contributed by atoms with E-state index in [0.717, 1.165) is 23.9 Å². The summed E-state index contributed by atoms with van der Waals surface area (Å²) in [6.07, 6.45) is 3.52. The van der Waals surface area contributed by atoms with Gasteiger partial charge in [0.25, 0.3) is 0 Å². The summed E-state index contributed by atoms with van der Waals surface area (Å²) in [5, 5.41) is 10.8. The van der Waals surface area contributed by atoms with Crippen molar-refractivity contribution in [1.29, 1.82) is 0 Å². The summed E-state index contributed by atoms with van der Waals surface area (Å²) >= 11 is 0. The zero-order valence-electron chi connectivity index (χ0n) is 11.6. The van der Waals surface area contributed by atoms with Crippen molar-refractivity contribution in [1.82, 2.24) is 9.88 Å². The molecular formula is C16H19FN2O. The fourth-order valence-electron chi connectivity index (χ4n) is 3.09. The number of hydrogen-bond donors (Lipinski definition) is 1. The molecule has 3 rings (SSSR count). The van der Waals surface area contributed by atoms with Gasteiger partial charge in [-0.1, -0.05) is 19.4 Å². The van der Waals surface area contributed by atoms with Crippen LogP contribution in [0.15, 0.2) is 30.5 Å². The molecule has 3 nitrogen and oxygen atoms in total. The Morgan fingerprint density at radius 3 is 2.90 bits per heavy atom. The molecule has 1 aliphatic rings. The SMILES string of the molecule is CCCC1(O)CN(Cc2ccc(F)c3cccnc23)C1. The van der Waals surface area contributed by atoms with Gasteiger partial charge in [0.1, 0.15) is 5.82 Å². The fourth-order valence-corrected chi connectivity index (χ4v) is 3.09. The van der Waals surface area contributed by atoms with E-state index >= 15 is 0 Å². The molecule has 1 aromatic carbocycles. The number of hydrogen-bond acceptors (Lipinski definition) is 3. The van der Waals surface area contributed by atoms with Crippen molar-refractivity contribution in [3.63, 3.8) is 0 Å². The summed E-state index contributed by atoms with van der Waals surface area (Å²) in [5.74, 6) is -0.233. The third-order valence-corrected chi connectivity index (χ3v) is 3.95. The van der Waals surface area contributed by atoms with E-state index in [9.17, 15) is 9.50 Å². The van der Waals surface area contributed by atoms with E-state index in [-0.39, 0.29) is 5.82 Å². The van der Waals surface area contributed by atoms with Crippen LogP contribution in [0.5, 0.6) is 0 Å². The minimum atomic E-state index is -0.530. The van der Waals surface area contributed by atoms with E-state index < -0.39 is 5.60 Å². The van der Waals surface area contributed by atoms with Crippen LogP contribution in [0.1, 0.15) is 25.3 Å². The number of pyridine rings is 1. The first-order valence-corrected chi connectivity index (χ1v) is 7.08. The van der Waals surface area contributed by atoms with Crippen LogP contribution < -0.4 is 0 Å². The Hall–Kier alpha value is -1.52. The van der Waals surface area contributed by atoms with Crippen LogP contribution in [-0.2, 0) is 6.54 Å². The number of benzene rings is 1.